The van der Waals surface area contributed by atoms with Crippen molar-refractivity contribution in [1.29, 1.82) is 0 Å². The number of morpholine rings is 1. The number of pyridine rings is 1. The molecular formula is C15H18ClN5O2. The van der Waals surface area contributed by atoms with Gasteiger partial charge in [-0.25, -0.2) is 10.1 Å². The first-order valence-electron chi connectivity index (χ1n) is 7.42. The van der Waals surface area contributed by atoms with Crippen LogP contribution in [0.15, 0.2) is 29.3 Å². The van der Waals surface area contributed by atoms with Crippen LogP contribution in [-0.4, -0.2) is 41.0 Å². The molecule has 2 aromatic heterocycles. The number of aromatic amines is 1. The van der Waals surface area contributed by atoms with Crippen LogP contribution in [0, 0.1) is 0 Å². The third kappa shape index (κ3) is 3.80. The maximum absolute atomic E-state index is 11.4. The van der Waals surface area contributed by atoms with E-state index in [1.807, 2.05) is 18.3 Å². The van der Waals surface area contributed by atoms with E-state index in [9.17, 15) is 4.79 Å². The minimum absolute atomic E-state index is 0.104. The monoisotopic (exact) mass is 335 g/mol. The average Bonchev–Trinajstić information content (AvgIpc) is 2.57. The van der Waals surface area contributed by atoms with Gasteiger partial charge in [-0.15, -0.1) is 0 Å². The first-order chi connectivity index (χ1) is 11.1. The number of aromatic nitrogens is 3. The topological polar surface area (TPSA) is 83.1 Å². The Kier molecular flexibility index (Phi) is 4.78. The van der Waals surface area contributed by atoms with Crippen LogP contribution in [0.3, 0.4) is 0 Å². The van der Waals surface area contributed by atoms with Gasteiger partial charge >= 0.3 is 0 Å². The van der Waals surface area contributed by atoms with Crippen LogP contribution in [0.4, 0.5) is 11.5 Å². The Morgan fingerprint density at radius 2 is 2.35 bits per heavy atom. The molecular weight excluding hydrogens is 318 g/mol. The lowest BCUT2D eigenvalue weighted by Gasteiger charge is -2.32. The van der Waals surface area contributed by atoms with Gasteiger partial charge in [-0.1, -0.05) is 17.7 Å². The van der Waals surface area contributed by atoms with Crippen molar-refractivity contribution in [3.05, 3.63) is 45.5 Å². The number of halogens is 1. The molecule has 1 saturated heterocycles. The van der Waals surface area contributed by atoms with Crippen molar-refractivity contribution in [3.63, 3.8) is 0 Å². The summed E-state index contributed by atoms with van der Waals surface area (Å²) in [5, 5.41) is 9.19. The van der Waals surface area contributed by atoms with Gasteiger partial charge in [0.25, 0.3) is 5.56 Å². The number of H-pyrrole nitrogens is 1. The van der Waals surface area contributed by atoms with E-state index in [1.165, 1.54) is 6.20 Å². The van der Waals surface area contributed by atoms with Crippen molar-refractivity contribution < 1.29 is 4.74 Å². The SMILES string of the molecule is CC1CN(c2ccc(CNc3cn[nH]c(=O)c3Cl)cn2)CCO1. The normalized spacial score (nSPS) is 18.0. The first-order valence-corrected chi connectivity index (χ1v) is 7.80. The zero-order valence-corrected chi connectivity index (χ0v) is 13.5. The van der Waals surface area contributed by atoms with Crippen molar-refractivity contribution >= 4 is 23.1 Å². The summed E-state index contributed by atoms with van der Waals surface area (Å²) < 4.78 is 5.54. The van der Waals surface area contributed by atoms with Crippen LogP contribution in [-0.2, 0) is 11.3 Å². The second kappa shape index (κ2) is 6.97. The molecule has 0 spiro atoms. The molecule has 23 heavy (non-hydrogen) atoms. The van der Waals surface area contributed by atoms with Crippen molar-refractivity contribution in [2.45, 2.75) is 19.6 Å². The highest BCUT2D eigenvalue weighted by atomic mass is 35.5. The Labute approximate surface area is 138 Å². The molecule has 1 aliphatic rings. The van der Waals surface area contributed by atoms with Crippen molar-refractivity contribution in [1.82, 2.24) is 15.2 Å². The molecule has 2 aromatic rings. The Hall–Kier alpha value is -2.12. The smallest absolute Gasteiger partial charge is 0.285 e. The number of nitrogens with zero attached hydrogens (tertiary/aromatic N) is 3. The van der Waals surface area contributed by atoms with Gasteiger partial charge in [0.2, 0.25) is 0 Å². The molecule has 2 N–H and O–H groups in total. The van der Waals surface area contributed by atoms with E-state index in [1.54, 1.807) is 0 Å². The van der Waals surface area contributed by atoms with E-state index < -0.39 is 5.56 Å². The maximum atomic E-state index is 11.4. The highest BCUT2D eigenvalue weighted by molar-refractivity contribution is 6.32. The van der Waals surface area contributed by atoms with Gasteiger partial charge in [0.05, 0.1) is 24.6 Å². The van der Waals surface area contributed by atoms with E-state index in [2.05, 4.69) is 32.3 Å². The van der Waals surface area contributed by atoms with Gasteiger partial charge in [0.1, 0.15) is 10.8 Å². The summed E-state index contributed by atoms with van der Waals surface area (Å²) in [7, 11) is 0. The molecule has 0 aliphatic carbocycles. The average molecular weight is 336 g/mol. The van der Waals surface area contributed by atoms with Crippen LogP contribution in [0.5, 0.6) is 0 Å². The quantitative estimate of drug-likeness (QED) is 0.884. The van der Waals surface area contributed by atoms with Crippen molar-refractivity contribution in [3.8, 4) is 0 Å². The fourth-order valence-electron chi connectivity index (χ4n) is 2.44. The van der Waals surface area contributed by atoms with E-state index >= 15 is 0 Å². The summed E-state index contributed by atoms with van der Waals surface area (Å²) in [6.07, 6.45) is 3.52. The lowest BCUT2D eigenvalue weighted by Crippen LogP contribution is -2.41. The highest BCUT2D eigenvalue weighted by Gasteiger charge is 2.17. The number of nitrogens with one attached hydrogen (secondary N) is 2. The molecule has 0 radical (unpaired) electrons. The third-order valence-electron chi connectivity index (χ3n) is 3.65. The number of hydrogen-bond acceptors (Lipinski definition) is 6. The van der Waals surface area contributed by atoms with Gasteiger partial charge in [0.15, 0.2) is 0 Å². The van der Waals surface area contributed by atoms with Crippen LogP contribution in [0.2, 0.25) is 5.02 Å². The number of hydrogen-bond donors (Lipinski definition) is 2. The van der Waals surface area contributed by atoms with Crippen molar-refractivity contribution in [2.75, 3.05) is 29.9 Å². The van der Waals surface area contributed by atoms with Gasteiger partial charge in [-0.3, -0.25) is 4.79 Å². The Bertz CT molecular complexity index is 719. The lowest BCUT2D eigenvalue weighted by atomic mass is 10.2. The standard InChI is InChI=1S/C15H18ClN5O2/c1-10-9-21(4-5-23-10)13-3-2-11(7-18-13)6-17-12-8-19-20-15(22)14(12)16/h2-3,7-8,10H,4-6,9H2,1H3,(H2,17,20,22). The first kappa shape index (κ1) is 15.8. The van der Waals surface area contributed by atoms with Gasteiger partial charge in [0, 0.05) is 25.8 Å². The molecule has 7 nitrogen and oxygen atoms in total. The van der Waals surface area contributed by atoms with E-state index in [0.717, 1.165) is 31.1 Å². The summed E-state index contributed by atoms with van der Waals surface area (Å²) in [5.74, 6) is 0.944. The minimum Gasteiger partial charge on any atom is -0.378 e. The predicted molar refractivity (Wildman–Crippen MR) is 89.1 cm³/mol. The van der Waals surface area contributed by atoms with Crippen LogP contribution in [0.25, 0.3) is 0 Å². The molecule has 1 atom stereocenters. The molecule has 0 saturated carbocycles. The summed E-state index contributed by atoms with van der Waals surface area (Å²) in [4.78, 5) is 18.1. The molecule has 1 unspecified atom stereocenters. The predicted octanol–water partition coefficient (Wildman–Crippen LogP) is 1.66. The molecule has 3 heterocycles. The van der Waals surface area contributed by atoms with E-state index in [0.29, 0.717) is 12.2 Å². The largest absolute Gasteiger partial charge is 0.378 e. The van der Waals surface area contributed by atoms with Crippen molar-refractivity contribution in [2.24, 2.45) is 0 Å². The number of ether oxygens (including phenoxy) is 1. The van der Waals surface area contributed by atoms with E-state index in [-0.39, 0.29) is 11.1 Å². The summed E-state index contributed by atoms with van der Waals surface area (Å²) in [6, 6.07) is 4.00. The Balaban J connectivity index is 1.63. The zero-order valence-electron chi connectivity index (χ0n) is 12.8. The van der Waals surface area contributed by atoms with Gasteiger partial charge < -0.3 is 15.0 Å². The molecule has 122 valence electrons. The molecule has 0 bridgehead atoms. The van der Waals surface area contributed by atoms with Crippen LogP contribution in [0.1, 0.15) is 12.5 Å². The third-order valence-corrected chi connectivity index (χ3v) is 4.03. The Morgan fingerprint density at radius 3 is 3.09 bits per heavy atom. The summed E-state index contributed by atoms with van der Waals surface area (Å²) in [6.45, 7) is 4.99. The maximum Gasteiger partial charge on any atom is 0.285 e. The number of anilines is 2. The van der Waals surface area contributed by atoms with E-state index in [4.69, 9.17) is 16.3 Å². The second-order valence-corrected chi connectivity index (χ2v) is 5.81. The minimum atomic E-state index is -0.411. The fourth-order valence-corrected chi connectivity index (χ4v) is 2.60. The highest BCUT2D eigenvalue weighted by Crippen LogP contribution is 2.18. The number of rotatable bonds is 4. The lowest BCUT2D eigenvalue weighted by molar-refractivity contribution is 0.0529. The molecule has 0 aromatic carbocycles. The summed E-state index contributed by atoms with van der Waals surface area (Å²) in [5.41, 5.74) is 1.08. The van der Waals surface area contributed by atoms with Crippen LogP contribution >= 0.6 is 11.6 Å². The second-order valence-electron chi connectivity index (χ2n) is 5.43. The van der Waals surface area contributed by atoms with Gasteiger partial charge in [-0.05, 0) is 18.6 Å². The zero-order chi connectivity index (χ0) is 16.2. The molecule has 3 rings (SSSR count). The molecule has 1 aliphatic heterocycles. The van der Waals surface area contributed by atoms with Crippen LogP contribution < -0.4 is 15.8 Å². The van der Waals surface area contributed by atoms with Gasteiger partial charge in [-0.2, -0.15) is 5.10 Å². The Morgan fingerprint density at radius 1 is 1.48 bits per heavy atom. The molecule has 8 heteroatoms. The summed E-state index contributed by atoms with van der Waals surface area (Å²) >= 11 is 5.92. The molecule has 1 fully saturated rings. The fraction of sp³-hybridized carbons (Fsp3) is 0.400. The molecule has 0 amide bonds.